The molecule has 156 valence electrons. The molecule has 6 heteroatoms. The van der Waals surface area contributed by atoms with Crippen LogP contribution in [0, 0.1) is 0 Å². The summed E-state index contributed by atoms with van der Waals surface area (Å²) in [5, 5.41) is 0. The molecule has 1 aliphatic heterocycles. The van der Waals surface area contributed by atoms with Crippen LogP contribution in [0.2, 0.25) is 0 Å². The maximum atomic E-state index is 13.2. The number of aromatic nitrogens is 2. The van der Waals surface area contributed by atoms with Crippen LogP contribution in [0.1, 0.15) is 12.0 Å². The number of amides is 1. The van der Waals surface area contributed by atoms with Crippen LogP contribution in [0.5, 0.6) is 11.5 Å². The lowest BCUT2D eigenvalue weighted by molar-refractivity contribution is -0.118. The smallest absolute Gasteiger partial charge is 0.329 e. The van der Waals surface area contributed by atoms with Crippen LogP contribution in [-0.4, -0.2) is 22.1 Å². The minimum atomic E-state index is -0.150. The number of ether oxygens (including phenoxy) is 1. The van der Waals surface area contributed by atoms with Gasteiger partial charge in [-0.1, -0.05) is 36.4 Å². The molecule has 0 saturated heterocycles. The highest BCUT2D eigenvalue weighted by Crippen LogP contribution is 2.31. The van der Waals surface area contributed by atoms with Crippen molar-refractivity contribution in [2.24, 2.45) is 0 Å². The first-order chi connectivity index (χ1) is 15.1. The summed E-state index contributed by atoms with van der Waals surface area (Å²) in [4.78, 5) is 27.8. The second-order valence-electron chi connectivity index (χ2n) is 7.78. The Bertz CT molecular complexity index is 1310. The molecule has 1 aliphatic rings. The largest absolute Gasteiger partial charge is 0.457 e. The number of hydrogen-bond donors (Lipinski definition) is 0. The summed E-state index contributed by atoms with van der Waals surface area (Å²) in [5.74, 6) is 1.26. The Kier molecular flexibility index (Phi) is 4.82. The van der Waals surface area contributed by atoms with Crippen molar-refractivity contribution in [1.82, 2.24) is 9.13 Å². The molecule has 0 aliphatic carbocycles. The number of imidazole rings is 1. The van der Waals surface area contributed by atoms with Gasteiger partial charge in [-0.25, -0.2) is 4.79 Å². The van der Waals surface area contributed by atoms with Crippen molar-refractivity contribution < 1.29 is 9.53 Å². The molecule has 0 saturated carbocycles. The predicted molar refractivity (Wildman–Crippen MR) is 121 cm³/mol. The molecule has 3 aromatic carbocycles. The van der Waals surface area contributed by atoms with E-state index in [4.69, 9.17) is 4.74 Å². The van der Waals surface area contributed by atoms with Gasteiger partial charge in [-0.05, 0) is 48.7 Å². The lowest BCUT2D eigenvalue weighted by Crippen LogP contribution is -2.34. The lowest BCUT2D eigenvalue weighted by atomic mass is 10.0. The van der Waals surface area contributed by atoms with Crippen molar-refractivity contribution in [2.45, 2.75) is 25.9 Å². The third-order valence-electron chi connectivity index (χ3n) is 5.78. The molecule has 0 bridgehead atoms. The fraction of sp³-hybridized carbons (Fsp3) is 0.200. The summed E-state index contributed by atoms with van der Waals surface area (Å²) in [6.07, 6.45) is 1.77. The Morgan fingerprint density at radius 2 is 1.71 bits per heavy atom. The molecule has 1 amide bonds. The number of hydrogen-bond acceptors (Lipinski definition) is 3. The van der Waals surface area contributed by atoms with Crippen molar-refractivity contribution in [3.63, 3.8) is 0 Å². The van der Waals surface area contributed by atoms with Crippen molar-refractivity contribution in [3.8, 4) is 11.5 Å². The summed E-state index contributed by atoms with van der Waals surface area (Å²) >= 11 is 0. The Morgan fingerprint density at radius 3 is 2.45 bits per heavy atom. The van der Waals surface area contributed by atoms with E-state index < -0.39 is 0 Å². The summed E-state index contributed by atoms with van der Waals surface area (Å²) < 4.78 is 9.42. The van der Waals surface area contributed by atoms with Crippen LogP contribution in [0.4, 0.5) is 5.69 Å². The van der Waals surface area contributed by atoms with E-state index in [0.717, 1.165) is 40.9 Å². The average molecular weight is 413 g/mol. The van der Waals surface area contributed by atoms with Gasteiger partial charge in [0, 0.05) is 25.3 Å². The number of aryl methyl sites for hydroxylation is 2. The van der Waals surface area contributed by atoms with Gasteiger partial charge in [0.1, 0.15) is 18.0 Å². The van der Waals surface area contributed by atoms with Gasteiger partial charge in [-0.2, -0.15) is 0 Å². The highest BCUT2D eigenvalue weighted by molar-refractivity contribution is 5.94. The number of rotatable bonds is 5. The molecule has 0 radical (unpaired) electrons. The molecule has 6 nitrogen and oxygen atoms in total. The molecule has 0 atom stereocenters. The van der Waals surface area contributed by atoms with Crippen molar-refractivity contribution in [1.29, 1.82) is 0 Å². The summed E-state index contributed by atoms with van der Waals surface area (Å²) in [7, 11) is 1.73. The number of carbonyl (C=O) groups excluding carboxylic acids is 1. The van der Waals surface area contributed by atoms with Crippen molar-refractivity contribution in [2.75, 3.05) is 11.9 Å². The molecule has 5 rings (SSSR count). The van der Waals surface area contributed by atoms with E-state index in [1.54, 1.807) is 21.1 Å². The van der Waals surface area contributed by atoms with Crippen LogP contribution in [0.3, 0.4) is 0 Å². The Labute approximate surface area is 179 Å². The number of anilines is 1. The third kappa shape index (κ3) is 3.50. The first-order valence-corrected chi connectivity index (χ1v) is 10.4. The number of likely N-dealkylation sites (N-methyl/N-ethyl adjacent to an activating group) is 1. The monoisotopic (exact) mass is 413 g/mol. The van der Waals surface area contributed by atoms with Crippen LogP contribution >= 0.6 is 0 Å². The summed E-state index contributed by atoms with van der Waals surface area (Å²) in [5.41, 5.74) is 3.37. The molecule has 1 aromatic heterocycles. The minimum absolute atomic E-state index is 0.0258. The zero-order valence-corrected chi connectivity index (χ0v) is 17.3. The van der Waals surface area contributed by atoms with Crippen LogP contribution in [0.25, 0.3) is 11.0 Å². The topological polar surface area (TPSA) is 56.5 Å². The molecular formula is C25H23N3O3. The van der Waals surface area contributed by atoms with Crippen LogP contribution < -0.4 is 15.3 Å². The third-order valence-corrected chi connectivity index (χ3v) is 5.78. The van der Waals surface area contributed by atoms with Gasteiger partial charge in [-0.15, -0.1) is 0 Å². The Balaban J connectivity index is 1.55. The highest BCUT2D eigenvalue weighted by atomic mass is 16.5. The van der Waals surface area contributed by atoms with E-state index in [1.165, 1.54) is 0 Å². The van der Waals surface area contributed by atoms with E-state index in [2.05, 4.69) is 0 Å². The quantitative estimate of drug-likeness (QED) is 0.493. The molecule has 0 unspecified atom stereocenters. The van der Waals surface area contributed by atoms with Crippen LogP contribution in [0.15, 0.2) is 77.6 Å². The van der Waals surface area contributed by atoms with Gasteiger partial charge >= 0.3 is 5.69 Å². The first kappa shape index (κ1) is 19.2. The van der Waals surface area contributed by atoms with E-state index in [0.29, 0.717) is 12.3 Å². The van der Waals surface area contributed by atoms with Crippen molar-refractivity contribution in [3.05, 3.63) is 88.8 Å². The summed E-state index contributed by atoms with van der Waals surface area (Å²) in [6.45, 7) is 0.638. The number of nitrogens with zero attached hydrogens (tertiary/aromatic N) is 3. The van der Waals surface area contributed by atoms with E-state index in [1.807, 2.05) is 72.8 Å². The molecular weight excluding hydrogens is 390 g/mol. The lowest BCUT2D eigenvalue weighted by Gasteiger charge is -2.17. The minimum Gasteiger partial charge on any atom is -0.457 e. The summed E-state index contributed by atoms with van der Waals surface area (Å²) in [6, 6.07) is 22.9. The zero-order valence-electron chi connectivity index (χ0n) is 17.3. The number of benzene rings is 3. The predicted octanol–water partition coefficient (Wildman–Crippen LogP) is 4.20. The average Bonchev–Trinajstić information content (AvgIpc) is 3.07. The zero-order chi connectivity index (χ0) is 21.4. The highest BCUT2D eigenvalue weighted by Gasteiger charge is 2.23. The molecule has 4 aromatic rings. The first-order valence-electron chi connectivity index (χ1n) is 10.4. The van der Waals surface area contributed by atoms with Gasteiger partial charge in [0.05, 0.1) is 11.0 Å². The van der Waals surface area contributed by atoms with Gasteiger partial charge in [-0.3, -0.25) is 13.9 Å². The molecule has 2 heterocycles. The standard InChI is InChI=1S/C25H23N3O3/c1-26(19-10-4-2-5-11-19)23(29)17-28-22-16-21(31-20-12-6-3-7-13-20)15-18-9-8-14-27(24(18)22)25(28)30/h2-7,10-13,15-16H,8-9,14,17H2,1H3. The molecule has 31 heavy (non-hydrogen) atoms. The normalized spacial score (nSPS) is 12.7. The van der Waals surface area contributed by atoms with Gasteiger partial charge in [0.2, 0.25) is 5.91 Å². The fourth-order valence-corrected chi connectivity index (χ4v) is 4.21. The Hall–Kier alpha value is -3.80. The second-order valence-corrected chi connectivity index (χ2v) is 7.78. The van der Waals surface area contributed by atoms with Crippen LogP contribution in [-0.2, 0) is 24.3 Å². The molecule has 0 fully saturated rings. The second kappa shape index (κ2) is 7.80. The number of carbonyl (C=O) groups is 1. The maximum absolute atomic E-state index is 13.2. The molecule has 0 N–H and O–H groups in total. The van der Waals surface area contributed by atoms with Gasteiger partial charge in [0.15, 0.2) is 0 Å². The maximum Gasteiger partial charge on any atom is 0.329 e. The van der Waals surface area contributed by atoms with E-state index in [-0.39, 0.29) is 18.1 Å². The van der Waals surface area contributed by atoms with Crippen molar-refractivity contribution >= 4 is 22.6 Å². The van der Waals surface area contributed by atoms with Gasteiger partial charge in [0.25, 0.3) is 0 Å². The van der Waals surface area contributed by atoms with E-state index >= 15 is 0 Å². The van der Waals surface area contributed by atoms with Gasteiger partial charge < -0.3 is 9.64 Å². The SMILES string of the molecule is CN(C(=O)Cn1c(=O)n2c3c(cc(Oc4ccccc4)cc31)CCC2)c1ccccc1. The number of para-hydroxylation sites is 2. The Morgan fingerprint density at radius 1 is 1.00 bits per heavy atom. The van der Waals surface area contributed by atoms with E-state index in [9.17, 15) is 9.59 Å². The fourth-order valence-electron chi connectivity index (χ4n) is 4.21. The molecule has 0 spiro atoms.